The van der Waals surface area contributed by atoms with Crippen LogP contribution in [0.4, 0.5) is 0 Å². The third-order valence-corrected chi connectivity index (χ3v) is 3.96. The molecule has 0 aliphatic rings. The van der Waals surface area contributed by atoms with Gasteiger partial charge >= 0.3 is 0 Å². The molecule has 0 saturated heterocycles. The van der Waals surface area contributed by atoms with Gasteiger partial charge in [-0.3, -0.25) is 0 Å². The second kappa shape index (κ2) is 7.99. The molecule has 80 valence electrons. The van der Waals surface area contributed by atoms with Gasteiger partial charge < -0.3 is 0 Å². The molecule has 5 heteroatoms. The molecule has 0 bridgehead atoms. The first kappa shape index (κ1) is 13.6. The van der Waals surface area contributed by atoms with Crippen molar-refractivity contribution in [2.75, 3.05) is 16.7 Å². The summed E-state index contributed by atoms with van der Waals surface area (Å²) >= 11 is 2.33. The highest BCUT2D eigenvalue weighted by Crippen LogP contribution is 1.98. The van der Waals surface area contributed by atoms with Gasteiger partial charge in [0.15, 0.2) is 0 Å². The van der Waals surface area contributed by atoms with Gasteiger partial charge in [-0.15, -0.1) is 0 Å². The maximum absolute atomic E-state index is 11.2. The summed E-state index contributed by atoms with van der Waals surface area (Å²) < 4.78 is 26.0. The molecule has 0 unspecified atom stereocenters. The van der Waals surface area contributed by atoms with Crippen LogP contribution in [0.5, 0.6) is 0 Å². The summed E-state index contributed by atoms with van der Waals surface area (Å²) in [4.78, 5) is 0. The van der Waals surface area contributed by atoms with Gasteiger partial charge in [0.25, 0.3) is 0 Å². The quantitative estimate of drug-likeness (QED) is 0.422. The fraction of sp³-hybridized carbons (Fsp3) is 1.00. The normalized spacial score (nSPS) is 11.8. The third kappa shape index (κ3) is 8.96. The number of hydrogen-bond acceptors (Lipinski definition) is 2. The Morgan fingerprint density at radius 1 is 1.23 bits per heavy atom. The average Bonchev–Trinajstić information content (AvgIpc) is 2.04. The molecule has 0 saturated carbocycles. The Morgan fingerprint density at radius 2 is 1.92 bits per heavy atom. The molecule has 0 aromatic carbocycles. The van der Waals surface area contributed by atoms with E-state index in [1.165, 1.54) is 6.42 Å². The van der Waals surface area contributed by atoms with E-state index in [1.54, 1.807) is 0 Å². The number of unbranched alkanes of at least 4 members (excludes halogenated alkanes) is 2. The van der Waals surface area contributed by atoms with Crippen molar-refractivity contribution in [3.05, 3.63) is 0 Å². The lowest BCUT2D eigenvalue weighted by molar-refractivity contribution is 0.575. The van der Waals surface area contributed by atoms with Crippen molar-refractivity contribution in [3.8, 4) is 0 Å². The highest BCUT2D eigenvalue weighted by atomic mass is 127. The first-order valence-corrected chi connectivity index (χ1v) is 7.83. The second-order valence-corrected chi connectivity index (χ2v) is 5.97. The van der Waals surface area contributed by atoms with Gasteiger partial charge in [0.05, 0.1) is 5.75 Å². The summed E-state index contributed by atoms with van der Waals surface area (Å²) in [5, 5.41) is 0. The van der Waals surface area contributed by atoms with E-state index in [0.29, 0.717) is 13.0 Å². The minimum atomic E-state index is -2.97. The van der Waals surface area contributed by atoms with Crippen molar-refractivity contribution < 1.29 is 8.42 Å². The molecule has 13 heavy (non-hydrogen) atoms. The molecule has 0 aliphatic carbocycles. The van der Waals surface area contributed by atoms with Gasteiger partial charge in [-0.2, -0.15) is 0 Å². The Balaban J connectivity index is 3.41. The van der Waals surface area contributed by atoms with Crippen LogP contribution in [0.2, 0.25) is 0 Å². The summed E-state index contributed by atoms with van der Waals surface area (Å²) in [7, 11) is -2.97. The van der Waals surface area contributed by atoms with Crippen LogP contribution < -0.4 is 4.72 Å². The van der Waals surface area contributed by atoms with Crippen LogP contribution in [0.15, 0.2) is 0 Å². The van der Waals surface area contributed by atoms with Crippen LogP contribution in [-0.2, 0) is 10.0 Å². The van der Waals surface area contributed by atoms with Crippen LogP contribution >= 0.6 is 22.6 Å². The molecule has 0 fully saturated rings. The first-order valence-electron chi connectivity index (χ1n) is 4.65. The largest absolute Gasteiger partial charge is 0.215 e. The predicted octanol–water partition coefficient (Wildman–Crippen LogP) is 1.92. The molecule has 0 radical (unpaired) electrons. The fourth-order valence-corrected chi connectivity index (χ4v) is 2.64. The van der Waals surface area contributed by atoms with Gasteiger partial charge in [0, 0.05) is 6.54 Å². The standard InChI is InChI=1S/C8H18INO2S/c1-2-8-13(11,12)10-7-5-3-4-6-9/h10H,2-8H2,1H3. The summed E-state index contributed by atoms with van der Waals surface area (Å²) in [6.07, 6.45) is 3.92. The van der Waals surface area contributed by atoms with E-state index in [9.17, 15) is 8.42 Å². The van der Waals surface area contributed by atoms with Crippen LogP contribution in [0.3, 0.4) is 0 Å². The van der Waals surface area contributed by atoms with Crippen molar-refractivity contribution in [1.82, 2.24) is 4.72 Å². The zero-order valence-corrected chi connectivity index (χ0v) is 11.0. The van der Waals surface area contributed by atoms with Gasteiger partial charge in [-0.05, 0) is 23.7 Å². The lowest BCUT2D eigenvalue weighted by Gasteiger charge is -2.04. The van der Waals surface area contributed by atoms with Crippen LogP contribution in [-0.4, -0.2) is 25.1 Å². The first-order chi connectivity index (χ1) is 6.12. The average molecular weight is 319 g/mol. The Hall–Kier alpha value is 0.640. The Morgan fingerprint density at radius 3 is 2.46 bits per heavy atom. The SMILES string of the molecule is CCCS(=O)(=O)NCCCCCI. The van der Waals surface area contributed by atoms with E-state index < -0.39 is 10.0 Å². The van der Waals surface area contributed by atoms with E-state index in [4.69, 9.17) is 0 Å². The zero-order chi connectivity index (χ0) is 10.2. The molecule has 1 N–H and O–H groups in total. The topological polar surface area (TPSA) is 46.2 Å². The summed E-state index contributed by atoms with van der Waals surface area (Å²) in [5.41, 5.74) is 0. The van der Waals surface area contributed by atoms with E-state index in [-0.39, 0.29) is 5.75 Å². The second-order valence-electron chi connectivity index (χ2n) is 2.96. The van der Waals surface area contributed by atoms with E-state index >= 15 is 0 Å². The van der Waals surface area contributed by atoms with Gasteiger partial charge in [0.1, 0.15) is 0 Å². The van der Waals surface area contributed by atoms with Gasteiger partial charge in [0.2, 0.25) is 10.0 Å². The number of rotatable bonds is 8. The van der Waals surface area contributed by atoms with Crippen molar-refractivity contribution in [3.63, 3.8) is 0 Å². The van der Waals surface area contributed by atoms with Gasteiger partial charge in [-0.1, -0.05) is 35.9 Å². The van der Waals surface area contributed by atoms with E-state index in [0.717, 1.165) is 17.3 Å². The smallest absolute Gasteiger partial charge is 0.211 e. The Kier molecular flexibility index (Phi) is 8.38. The van der Waals surface area contributed by atoms with Crippen molar-refractivity contribution >= 4 is 32.6 Å². The fourth-order valence-electron chi connectivity index (χ4n) is 0.965. The number of halogens is 1. The monoisotopic (exact) mass is 319 g/mol. The van der Waals surface area contributed by atoms with E-state index in [1.807, 2.05) is 6.92 Å². The maximum atomic E-state index is 11.2. The molecule has 0 aromatic rings. The summed E-state index contributed by atoms with van der Waals surface area (Å²) in [6, 6.07) is 0. The van der Waals surface area contributed by atoms with Gasteiger partial charge in [-0.25, -0.2) is 13.1 Å². The molecule has 0 spiro atoms. The molecule has 0 atom stereocenters. The summed E-state index contributed by atoms with van der Waals surface area (Å²) in [5.74, 6) is 0.249. The maximum Gasteiger partial charge on any atom is 0.211 e. The zero-order valence-electron chi connectivity index (χ0n) is 8.05. The van der Waals surface area contributed by atoms with Crippen molar-refractivity contribution in [2.45, 2.75) is 32.6 Å². The molecule has 0 rings (SSSR count). The molecule has 0 aliphatic heterocycles. The van der Waals surface area contributed by atoms with E-state index in [2.05, 4.69) is 27.3 Å². The molecule has 0 amide bonds. The third-order valence-electron chi connectivity index (χ3n) is 1.61. The van der Waals surface area contributed by atoms with Crippen LogP contribution in [0.25, 0.3) is 0 Å². The Bertz CT molecular complexity index is 204. The lowest BCUT2D eigenvalue weighted by Crippen LogP contribution is -2.27. The molecule has 0 heterocycles. The molecule has 3 nitrogen and oxygen atoms in total. The lowest BCUT2D eigenvalue weighted by atomic mass is 10.3. The highest BCUT2D eigenvalue weighted by Gasteiger charge is 2.06. The number of hydrogen-bond donors (Lipinski definition) is 1. The minimum Gasteiger partial charge on any atom is -0.215 e. The van der Waals surface area contributed by atoms with Crippen LogP contribution in [0.1, 0.15) is 32.6 Å². The summed E-state index contributed by atoms with van der Waals surface area (Å²) in [6.45, 7) is 2.47. The number of nitrogens with one attached hydrogen (secondary N) is 1. The number of sulfonamides is 1. The van der Waals surface area contributed by atoms with Crippen molar-refractivity contribution in [2.24, 2.45) is 0 Å². The molecule has 0 aromatic heterocycles. The van der Waals surface area contributed by atoms with Crippen LogP contribution in [0, 0.1) is 0 Å². The predicted molar refractivity (Wildman–Crippen MR) is 64.8 cm³/mol. The number of alkyl halides is 1. The molecular weight excluding hydrogens is 301 g/mol. The van der Waals surface area contributed by atoms with Crippen molar-refractivity contribution in [1.29, 1.82) is 0 Å². The highest BCUT2D eigenvalue weighted by molar-refractivity contribution is 14.1. The Labute approximate surface area is 94.9 Å². The molecular formula is C8H18INO2S. The minimum absolute atomic E-state index is 0.249.